The zero-order valence-electron chi connectivity index (χ0n) is 16.3. The fourth-order valence-electron chi connectivity index (χ4n) is 3.99. The zero-order chi connectivity index (χ0) is 18.4. The molecule has 1 aromatic rings. The normalized spacial score (nSPS) is 21.8. The van der Waals surface area contributed by atoms with Gasteiger partial charge in [-0.05, 0) is 36.8 Å². The highest BCUT2D eigenvalue weighted by Crippen LogP contribution is 2.22. The van der Waals surface area contributed by atoms with Crippen LogP contribution in [0.5, 0.6) is 0 Å². The first-order valence-corrected chi connectivity index (χ1v) is 10.2. The van der Waals surface area contributed by atoms with E-state index < -0.39 is 0 Å². The topological polar surface area (TPSA) is 44.8 Å². The van der Waals surface area contributed by atoms with Crippen LogP contribution in [0.25, 0.3) is 0 Å². The van der Waals surface area contributed by atoms with Crippen molar-refractivity contribution < 1.29 is 9.53 Å². The average molecular weight is 360 g/mol. The minimum Gasteiger partial charge on any atom is -0.377 e. The second kappa shape index (κ2) is 9.49. The third kappa shape index (κ3) is 5.06. The van der Waals surface area contributed by atoms with Crippen LogP contribution in [-0.4, -0.2) is 67.7 Å². The van der Waals surface area contributed by atoms with Crippen molar-refractivity contribution in [2.75, 3.05) is 51.2 Å². The van der Waals surface area contributed by atoms with Crippen molar-refractivity contribution in [1.29, 1.82) is 0 Å². The Morgan fingerprint density at radius 3 is 2.35 bits per heavy atom. The van der Waals surface area contributed by atoms with Crippen molar-refractivity contribution >= 4 is 11.6 Å². The number of rotatable bonds is 7. The van der Waals surface area contributed by atoms with Crippen LogP contribution < -0.4 is 5.32 Å². The third-order valence-corrected chi connectivity index (χ3v) is 5.58. The van der Waals surface area contributed by atoms with Crippen LogP contribution in [0.1, 0.15) is 37.8 Å². The molecule has 1 atom stereocenters. The minimum absolute atomic E-state index is 0.105. The van der Waals surface area contributed by atoms with Crippen LogP contribution in [0.3, 0.4) is 0 Å². The van der Waals surface area contributed by atoms with Gasteiger partial charge in [-0.3, -0.25) is 14.6 Å². The van der Waals surface area contributed by atoms with Gasteiger partial charge >= 0.3 is 0 Å². The lowest BCUT2D eigenvalue weighted by Crippen LogP contribution is -2.50. The number of ether oxygens (including phenoxy) is 1. The summed E-state index contributed by atoms with van der Waals surface area (Å²) in [7, 11) is 0. The number of benzene rings is 1. The maximum Gasteiger partial charge on any atom is 0.238 e. The molecule has 1 unspecified atom stereocenters. The van der Waals surface area contributed by atoms with Gasteiger partial charge in [0.2, 0.25) is 5.91 Å². The monoisotopic (exact) mass is 359 g/mol. The lowest BCUT2D eigenvalue weighted by Gasteiger charge is -2.35. The summed E-state index contributed by atoms with van der Waals surface area (Å²) < 4.78 is 5.74. The van der Waals surface area contributed by atoms with Crippen LogP contribution in [0.2, 0.25) is 0 Å². The summed E-state index contributed by atoms with van der Waals surface area (Å²) in [6.45, 7) is 10.7. The lowest BCUT2D eigenvalue weighted by molar-refractivity contribution is -0.117. The number of carbonyl (C=O) groups excluding carboxylic acids is 1. The van der Waals surface area contributed by atoms with Gasteiger partial charge in [-0.15, -0.1) is 0 Å². The first-order valence-electron chi connectivity index (χ1n) is 10.2. The van der Waals surface area contributed by atoms with E-state index in [2.05, 4.69) is 47.2 Å². The summed E-state index contributed by atoms with van der Waals surface area (Å²) in [6, 6.07) is 6.30. The zero-order valence-corrected chi connectivity index (χ0v) is 16.3. The number of hydrogen-bond donors (Lipinski definition) is 1. The molecular formula is C21H33N3O2. The Bertz CT molecular complexity index is 569. The highest BCUT2D eigenvalue weighted by molar-refractivity contribution is 5.93. The number of carbonyl (C=O) groups is 1. The summed E-state index contributed by atoms with van der Waals surface area (Å²) >= 11 is 0. The third-order valence-electron chi connectivity index (χ3n) is 5.58. The second-order valence-corrected chi connectivity index (χ2v) is 7.42. The van der Waals surface area contributed by atoms with Crippen LogP contribution in [-0.2, 0) is 22.4 Å². The maximum absolute atomic E-state index is 12.6. The highest BCUT2D eigenvalue weighted by Gasteiger charge is 2.23. The number of nitrogens with one attached hydrogen (secondary N) is 1. The summed E-state index contributed by atoms with van der Waals surface area (Å²) in [5, 5.41) is 3.18. The van der Waals surface area contributed by atoms with Crippen molar-refractivity contribution in [3.63, 3.8) is 0 Å². The molecular weight excluding hydrogens is 326 g/mol. The van der Waals surface area contributed by atoms with E-state index in [0.29, 0.717) is 12.6 Å². The lowest BCUT2D eigenvalue weighted by atomic mass is 10.0. The van der Waals surface area contributed by atoms with E-state index in [4.69, 9.17) is 4.74 Å². The standard InChI is InChI=1S/C21H33N3O2/c1-3-17-7-5-8-18(4-2)21(17)22-20(25)16-24-12-10-23(11-13-24)15-19-9-6-14-26-19/h5,7-8,19H,3-4,6,9-16H2,1-2H3,(H,22,25). The molecule has 26 heavy (non-hydrogen) atoms. The maximum atomic E-state index is 12.6. The number of para-hydroxylation sites is 1. The fourth-order valence-corrected chi connectivity index (χ4v) is 3.99. The Kier molecular flexibility index (Phi) is 7.06. The number of nitrogens with zero attached hydrogens (tertiary/aromatic N) is 2. The van der Waals surface area contributed by atoms with Gasteiger partial charge in [-0.2, -0.15) is 0 Å². The molecule has 0 aromatic heterocycles. The van der Waals surface area contributed by atoms with E-state index in [1.165, 1.54) is 24.0 Å². The number of aryl methyl sites for hydroxylation is 2. The molecule has 2 saturated heterocycles. The van der Waals surface area contributed by atoms with Gasteiger partial charge in [0.25, 0.3) is 0 Å². The molecule has 2 aliphatic rings. The van der Waals surface area contributed by atoms with Crippen molar-refractivity contribution in [1.82, 2.24) is 9.80 Å². The van der Waals surface area contributed by atoms with Gasteiger partial charge in [0, 0.05) is 45.0 Å². The van der Waals surface area contributed by atoms with E-state index in [1.54, 1.807) is 0 Å². The Morgan fingerprint density at radius 2 is 1.77 bits per heavy atom. The highest BCUT2D eigenvalue weighted by atomic mass is 16.5. The molecule has 144 valence electrons. The molecule has 1 aromatic carbocycles. The van der Waals surface area contributed by atoms with Gasteiger partial charge in [0.15, 0.2) is 0 Å². The van der Waals surface area contributed by atoms with Crippen LogP contribution in [0.4, 0.5) is 5.69 Å². The molecule has 3 rings (SSSR count). The molecule has 0 spiro atoms. The quantitative estimate of drug-likeness (QED) is 0.813. The van der Waals surface area contributed by atoms with Gasteiger partial charge in [0.1, 0.15) is 0 Å². The SMILES string of the molecule is CCc1cccc(CC)c1NC(=O)CN1CCN(CC2CCCO2)CC1. The van der Waals surface area contributed by atoms with Gasteiger partial charge < -0.3 is 10.1 Å². The number of anilines is 1. The fraction of sp³-hybridized carbons (Fsp3) is 0.667. The summed E-state index contributed by atoms with van der Waals surface area (Å²) in [4.78, 5) is 17.3. The molecule has 1 amide bonds. The van der Waals surface area contributed by atoms with Crippen molar-refractivity contribution in [3.05, 3.63) is 29.3 Å². The molecule has 0 saturated carbocycles. The summed E-state index contributed by atoms with van der Waals surface area (Å²) in [5.41, 5.74) is 3.47. The molecule has 2 aliphatic heterocycles. The minimum atomic E-state index is 0.105. The molecule has 0 radical (unpaired) electrons. The van der Waals surface area contributed by atoms with Gasteiger partial charge in [-0.25, -0.2) is 0 Å². The predicted octanol–water partition coefficient (Wildman–Crippen LogP) is 2.55. The Morgan fingerprint density at radius 1 is 1.12 bits per heavy atom. The van der Waals surface area contributed by atoms with Crippen LogP contribution in [0.15, 0.2) is 18.2 Å². The van der Waals surface area contributed by atoms with Crippen LogP contribution >= 0.6 is 0 Å². The summed E-state index contributed by atoms with van der Waals surface area (Å²) in [5.74, 6) is 0.105. The van der Waals surface area contributed by atoms with E-state index in [0.717, 1.165) is 57.9 Å². The van der Waals surface area contributed by atoms with E-state index >= 15 is 0 Å². The Hall–Kier alpha value is -1.43. The molecule has 2 fully saturated rings. The molecule has 5 heteroatoms. The first kappa shape index (κ1) is 19.3. The number of hydrogen-bond acceptors (Lipinski definition) is 4. The van der Waals surface area contributed by atoms with Crippen LogP contribution in [0, 0.1) is 0 Å². The number of piperazine rings is 1. The van der Waals surface area contributed by atoms with Gasteiger partial charge in [-0.1, -0.05) is 32.0 Å². The average Bonchev–Trinajstić information content (AvgIpc) is 3.16. The summed E-state index contributed by atoms with van der Waals surface area (Å²) in [6.07, 6.45) is 4.68. The Labute approximate surface area is 157 Å². The first-order chi connectivity index (χ1) is 12.7. The van der Waals surface area contributed by atoms with E-state index in [-0.39, 0.29) is 5.91 Å². The molecule has 5 nitrogen and oxygen atoms in total. The molecule has 1 N–H and O–H groups in total. The van der Waals surface area contributed by atoms with E-state index in [9.17, 15) is 4.79 Å². The van der Waals surface area contributed by atoms with Gasteiger partial charge in [0.05, 0.1) is 12.6 Å². The molecule has 0 aliphatic carbocycles. The van der Waals surface area contributed by atoms with Crippen molar-refractivity contribution in [2.24, 2.45) is 0 Å². The Balaban J connectivity index is 1.47. The van der Waals surface area contributed by atoms with Crippen molar-refractivity contribution in [3.8, 4) is 0 Å². The predicted molar refractivity (Wildman–Crippen MR) is 106 cm³/mol. The smallest absolute Gasteiger partial charge is 0.238 e. The van der Waals surface area contributed by atoms with E-state index in [1.807, 2.05) is 0 Å². The molecule has 2 heterocycles. The molecule has 0 bridgehead atoms. The second-order valence-electron chi connectivity index (χ2n) is 7.42. The largest absolute Gasteiger partial charge is 0.377 e. The number of amides is 1. The van der Waals surface area contributed by atoms with Crippen molar-refractivity contribution in [2.45, 2.75) is 45.6 Å².